The maximum Gasteiger partial charge on any atom is 0.228 e. The second-order valence-corrected chi connectivity index (χ2v) is 8.34. The van der Waals surface area contributed by atoms with Crippen molar-refractivity contribution in [2.75, 3.05) is 26.2 Å². The number of carbonyl (C=O) groups excluding carboxylic acids is 1. The number of halogens is 1. The van der Waals surface area contributed by atoms with Crippen LogP contribution in [0.1, 0.15) is 16.8 Å². The summed E-state index contributed by atoms with van der Waals surface area (Å²) in [7, 11) is 0. The number of hydrogen-bond acceptors (Lipinski definition) is 4. The second-order valence-electron chi connectivity index (χ2n) is 7.48. The van der Waals surface area contributed by atoms with E-state index in [-0.39, 0.29) is 11.7 Å². The molecule has 4 rings (SSSR count). The van der Waals surface area contributed by atoms with E-state index in [0.717, 1.165) is 49.0 Å². The largest absolute Gasteiger partial charge is 0.340 e. The first-order valence-electron chi connectivity index (χ1n) is 9.83. The van der Waals surface area contributed by atoms with Crippen molar-refractivity contribution in [3.63, 3.8) is 0 Å². The van der Waals surface area contributed by atoms with E-state index in [1.807, 2.05) is 16.3 Å². The zero-order valence-corrected chi connectivity index (χ0v) is 17.3. The molecule has 1 aliphatic heterocycles. The van der Waals surface area contributed by atoms with Gasteiger partial charge in [0, 0.05) is 43.7 Å². The molecule has 1 amide bonds. The molecule has 0 aliphatic carbocycles. The summed E-state index contributed by atoms with van der Waals surface area (Å²) < 4.78 is 13.4. The molecule has 0 bridgehead atoms. The summed E-state index contributed by atoms with van der Waals surface area (Å²) in [6.45, 7) is 6.28. The lowest BCUT2D eigenvalue weighted by atomic mass is 10.1. The second kappa shape index (κ2) is 8.84. The molecule has 2 aromatic carbocycles. The lowest BCUT2D eigenvalue weighted by molar-refractivity contribution is -0.132. The van der Waals surface area contributed by atoms with E-state index in [9.17, 15) is 9.18 Å². The highest BCUT2D eigenvalue weighted by molar-refractivity contribution is 7.13. The molecule has 0 unspecified atom stereocenters. The Balaban J connectivity index is 1.30. The fourth-order valence-electron chi connectivity index (χ4n) is 3.63. The maximum atomic E-state index is 13.4. The Morgan fingerprint density at radius 2 is 1.90 bits per heavy atom. The Morgan fingerprint density at radius 1 is 1.10 bits per heavy atom. The van der Waals surface area contributed by atoms with E-state index in [1.165, 1.54) is 34.6 Å². The summed E-state index contributed by atoms with van der Waals surface area (Å²) in [5, 5.41) is 2.64. The van der Waals surface area contributed by atoms with Gasteiger partial charge in [0.15, 0.2) is 0 Å². The standard InChI is InChI=1S/C23H24FN3OS/c1-17-4-2-5-18(12-17)15-26-8-10-27(11-9-26)22(28)14-21-16-29-23(25-21)19-6-3-7-20(24)13-19/h2-7,12-13,16H,8-11,14-15H2,1H3. The molecule has 0 N–H and O–H groups in total. The van der Waals surface area contributed by atoms with Gasteiger partial charge in [-0.15, -0.1) is 11.3 Å². The van der Waals surface area contributed by atoms with Crippen LogP contribution in [0, 0.1) is 12.7 Å². The molecule has 4 nitrogen and oxygen atoms in total. The van der Waals surface area contributed by atoms with Crippen LogP contribution in [0.5, 0.6) is 0 Å². The highest BCUT2D eigenvalue weighted by Crippen LogP contribution is 2.24. The third kappa shape index (κ3) is 5.08. The number of rotatable bonds is 5. The van der Waals surface area contributed by atoms with Gasteiger partial charge in [-0.3, -0.25) is 9.69 Å². The summed E-state index contributed by atoms with van der Waals surface area (Å²) >= 11 is 1.45. The number of piperazine rings is 1. The minimum atomic E-state index is -0.279. The molecule has 1 saturated heterocycles. The molecular formula is C23H24FN3OS. The van der Waals surface area contributed by atoms with Crippen molar-refractivity contribution in [1.29, 1.82) is 0 Å². The van der Waals surface area contributed by atoms with Crippen molar-refractivity contribution >= 4 is 17.2 Å². The third-order valence-electron chi connectivity index (χ3n) is 5.17. The fourth-order valence-corrected chi connectivity index (χ4v) is 4.45. The average molecular weight is 410 g/mol. The topological polar surface area (TPSA) is 36.4 Å². The Hall–Kier alpha value is -2.57. The van der Waals surface area contributed by atoms with Gasteiger partial charge in [-0.25, -0.2) is 9.37 Å². The lowest BCUT2D eigenvalue weighted by Gasteiger charge is -2.34. The Morgan fingerprint density at radius 3 is 2.66 bits per heavy atom. The zero-order chi connectivity index (χ0) is 20.2. The zero-order valence-electron chi connectivity index (χ0n) is 16.5. The van der Waals surface area contributed by atoms with Crippen molar-refractivity contribution < 1.29 is 9.18 Å². The normalized spacial score (nSPS) is 14.9. The molecule has 1 aliphatic rings. The van der Waals surface area contributed by atoms with Crippen LogP contribution in [-0.2, 0) is 17.8 Å². The molecule has 0 spiro atoms. The summed E-state index contributed by atoms with van der Waals surface area (Å²) in [5.74, 6) is -0.171. The number of nitrogens with zero attached hydrogens (tertiary/aromatic N) is 3. The molecule has 0 atom stereocenters. The average Bonchev–Trinajstić information content (AvgIpc) is 3.17. The summed E-state index contributed by atoms with van der Waals surface area (Å²) in [5.41, 5.74) is 4.09. The van der Waals surface area contributed by atoms with Gasteiger partial charge in [0.05, 0.1) is 12.1 Å². The number of hydrogen-bond donors (Lipinski definition) is 0. The van der Waals surface area contributed by atoms with Crippen LogP contribution < -0.4 is 0 Å². The number of thiazole rings is 1. The van der Waals surface area contributed by atoms with Gasteiger partial charge in [0.1, 0.15) is 10.8 Å². The number of amides is 1. The van der Waals surface area contributed by atoms with E-state index >= 15 is 0 Å². The number of carbonyl (C=O) groups is 1. The smallest absolute Gasteiger partial charge is 0.228 e. The molecular weight excluding hydrogens is 385 g/mol. The van der Waals surface area contributed by atoms with Crippen LogP contribution in [0.2, 0.25) is 0 Å². The van der Waals surface area contributed by atoms with Gasteiger partial charge in [-0.1, -0.05) is 42.0 Å². The molecule has 29 heavy (non-hydrogen) atoms. The molecule has 1 fully saturated rings. The maximum absolute atomic E-state index is 13.4. The molecule has 1 aromatic heterocycles. The minimum Gasteiger partial charge on any atom is -0.340 e. The molecule has 150 valence electrons. The minimum absolute atomic E-state index is 0.108. The summed E-state index contributed by atoms with van der Waals surface area (Å²) in [6, 6.07) is 15.0. The van der Waals surface area contributed by atoms with Gasteiger partial charge in [-0.05, 0) is 24.6 Å². The van der Waals surface area contributed by atoms with Gasteiger partial charge in [-0.2, -0.15) is 0 Å². The summed E-state index contributed by atoms with van der Waals surface area (Å²) in [6.07, 6.45) is 0.295. The Kier molecular flexibility index (Phi) is 6.02. The van der Waals surface area contributed by atoms with Crippen molar-refractivity contribution in [3.05, 3.63) is 76.5 Å². The van der Waals surface area contributed by atoms with Crippen molar-refractivity contribution in [3.8, 4) is 10.6 Å². The molecule has 0 radical (unpaired) electrons. The van der Waals surface area contributed by atoms with Gasteiger partial charge < -0.3 is 4.90 Å². The Bertz CT molecular complexity index is 995. The van der Waals surface area contributed by atoms with Gasteiger partial charge >= 0.3 is 0 Å². The Labute approximate surface area is 174 Å². The van der Waals surface area contributed by atoms with Crippen LogP contribution in [0.15, 0.2) is 53.9 Å². The van der Waals surface area contributed by atoms with Crippen molar-refractivity contribution in [2.24, 2.45) is 0 Å². The van der Waals surface area contributed by atoms with Crippen LogP contribution in [0.25, 0.3) is 10.6 Å². The van der Waals surface area contributed by atoms with E-state index < -0.39 is 0 Å². The van der Waals surface area contributed by atoms with Gasteiger partial charge in [0.2, 0.25) is 5.91 Å². The van der Waals surface area contributed by atoms with Crippen LogP contribution in [0.4, 0.5) is 4.39 Å². The predicted molar refractivity (Wildman–Crippen MR) is 114 cm³/mol. The van der Waals surface area contributed by atoms with Gasteiger partial charge in [0.25, 0.3) is 0 Å². The third-order valence-corrected chi connectivity index (χ3v) is 6.11. The van der Waals surface area contributed by atoms with E-state index in [2.05, 4.69) is 41.1 Å². The van der Waals surface area contributed by atoms with E-state index in [1.54, 1.807) is 6.07 Å². The number of aryl methyl sites for hydroxylation is 1. The quantitative estimate of drug-likeness (QED) is 0.635. The molecule has 6 heteroatoms. The SMILES string of the molecule is Cc1cccc(CN2CCN(C(=O)Cc3csc(-c4cccc(F)c4)n3)CC2)c1. The van der Waals surface area contributed by atoms with Crippen molar-refractivity contribution in [2.45, 2.75) is 19.9 Å². The van der Waals surface area contributed by atoms with Crippen molar-refractivity contribution in [1.82, 2.24) is 14.8 Å². The first-order valence-corrected chi connectivity index (χ1v) is 10.7. The monoisotopic (exact) mass is 409 g/mol. The van der Waals surface area contributed by atoms with Crippen LogP contribution >= 0.6 is 11.3 Å². The molecule has 2 heterocycles. The fraction of sp³-hybridized carbons (Fsp3) is 0.304. The lowest BCUT2D eigenvalue weighted by Crippen LogP contribution is -2.48. The molecule has 3 aromatic rings. The number of aromatic nitrogens is 1. The van der Waals surface area contributed by atoms with Crippen LogP contribution in [0.3, 0.4) is 0 Å². The number of benzene rings is 2. The first kappa shape index (κ1) is 19.7. The molecule has 0 saturated carbocycles. The first-order chi connectivity index (χ1) is 14.1. The van der Waals surface area contributed by atoms with Crippen LogP contribution in [-0.4, -0.2) is 46.9 Å². The van der Waals surface area contributed by atoms with E-state index in [0.29, 0.717) is 6.42 Å². The highest BCUT2D eigenvalue weighted by atomic mass is 32.1. The summed E-state index contributed by atoms with van der Waals surface area (Å²) in [4.78, 5) is 21.5. The predicted octanol–water partition coefficient (Wildman–Crippen LogP) is 4.14. The van der Waals surface area contributed by atoms with E-state index in [4.69, 9.17) is 0 Å². The highest BCUT2D eigenvalue weighted by Gasteiger charge is 2.22.